The van der Waals surface area contributed by atoms with Gasteiger partial charge in [-0.25, -0.2) is 0 Å². The third-order valence-corrected chi connectivity index (χ3v) is 3.62. The summed E-state index contributed by atoms with van der Waals surface area (Å²) in [6.45, 7) is 0. The molecule has 0 amide bonds. The number of nitrogens with zero attached hydrogens (tertiary/aromatic N) is 1. The van der Waals surface area contributed by atoms with Crippen molar-refractivity contribution in [2.75, 3.05) is 0 Å². The van der Waals surface area contributed by atoms with Gasteiger partial charge in [-0.2, -0.15) is 0 Å². The largest absolute Gasteiger partial charge is 0.481 e. The number of halogens is 2. The van der Waals surface area contributed by atoms with E-state index in [2.05, 4.69) is 0 Å². The van der Waals surface area contributed by atoms with Gasteiger partial charge < -0.3 is 9.84 Å². The molecule has 0 aliphatic heterocycles. The Kier molecular flexibility index (Phi) is 3.94. The van der Waals surface area contributed by atoms with Crippen LogP contribution in [0, 0.1) is 10.1 Å². The molecular formula is C11H11Cl2NO4. The summed E-state index contributed by atoms with van der Waals surface area (Å²) < 4.78 is 5.48. The van der Waals surface area contributed by atoms with Crippen LogP contribution in [0.4, 0.5) is 5.69 Å². The third kappa shape index (κ3) is 2.68. The molecule has 1 aliphatic carbocycles. The molecule has 0 spiro atoms. The van der Waals surface area contributed by atoms with Crippen molar-refractivity contribution in [3.8, 4) is 5.75 Å². The second kappa shape index (κ2) is 5.30. The van der Waals surface area contributed by atoms with E-state index in [1.54, 1.807) is 0 Å². The van der Waals surface area contributed by atoms with Crippen molar-refractivity contribution < 1.29 is 14.8 Å². The fourth-order valence-corrected chi connectivity index (χ4v) is 2.27. The monoisotopic (exact) mass is 291 g/mol. The van der Waals surface area contributed by atoms with Crippen molar-refractivity contribution >= 4 is 28.9 Å². The van der Waals surface area contributed by atoms with Gasteiger partial charge in [0.05, 0.1) is 21.1 Å². The molecule has 0 aromatic heterocycles. The summed E-state index contributed by atoms with van der Waals surface area (Å²) in [5.41, 5.74) is -0.247. The van der Waals surface area contributed by atoms with Crippen molar-refractivity contribution in [3.63, 3.8) is 0 Å². The Labute approximate surface area is 113 Å². The summed E-state index contributed by atoms with van der Waals surface area (Å²) in [7, 11) is 0. The lowest BCUT2D eigenvalue weighted by molar-refractivity contribution is -0.386. The molecule has 2 unspecified atom stereocenters. The molecule has 1 aromatic rings. The number of hydrogen-bond donors (Lipinski definition) is 1. The molecule has 1 aromatic carbocycles. The Bertz CT molecular complexity index is 480. The Balaban J connectivity index is 2.30. The van der Waals surface area contributed by atoms with Crippen LogP contribution in [0.5, 0.6) is 5.75 Å². The van der Waals surface area contributed by atoms with E-state index in [9.17, 15) is 15.2 Å². The first-order valence-electron chi connectivity index (χ1n) is 5.47. The van der Waals surface area contributed by atoms with Crippen LogP contribution in [0.2, 0.25) is 10.0 Å². The van der Waals surface area contributed by atoms with Crippen molar-refractivity contribution in [2.24, 2.45) is 0 Å². The number of aliphatic hydroxyl groups is 1. The molecule has 1 saturated carbocycles. The fourth-order valence-electron chi connectivity index (χ4n) is 1.96. The normalized spacial score (nSPS) is 23.1. The zero-order valence-corrected chi connectivity index (χ0v) is 10.8. The Morgan fingerprint density at radius 2 is 2.00 bits per heavy atom. The quantitative estimate of drug-likeness (QED) is 0.686. The van der Waals surface area contributed by atoms with E-state index in [4.69, 9.17) is 27.9 Å². The maximum atomic E-state index is 10.9. The lowest BCUT2D eigenvalue weighted by atomic mass is 10.2. The second-order valence-corrected chi connectivity index (χ2v) is 4.96. The first kappa shape index (κ1) is 13.4. The van der Waals surface area contributed by atoms with Gasteiger partial charge in [-0.15, -0.1) is 0 Å². The van der Waals surface area contributed by atoms with Crippen LogP contribution >= 0.6 is 23.2 Å². The van der Waals surface area contributed by atoms with Crippen molar-refractivity contribution in [3.05, 3.63) is 32.3 Å². The molecule has 7 heteroatoms. The maximum Gasteiger partial charge on any atom is 0.312 e. The van der Waals surface area contributed by atoms with Crippen LogP contribution in [0.1, 0.15) is 19.3 Å². The average Bonchev–Trinajstić information content (AvgIpc) is 2.69. The minimum Gasteiger partial charge on any atom is -0.481 e. The minimum atomic E-state index is -0.598. The van der Waals surface area contributed by atoms with Crippen LogP contribution < -0.4 is 4.74 Å². The summed E-state index contributed by atoms with van der Waals surface area (Å²) in [4.78, 5) is 10.3. The summed E-state index contributed by atoms with van der Waals surface area (Å²) >= 11 is 11.5. The molecule has 1 aliphatic rings. The highest BCUT2D eigenvalue weighted by Crippen LogP contribution is 2.37. The number of benzene rings is 1. The molecule has 0 saturated heterocycles. The van der Waals surface area contributed by atoms with E-state index in [1.807, 2.05) is 0 Å². The van der Waals surface area contributed by atoms with Crippen LogP contribution in [0.3, 0.4) is 0 Å². The fraction of sp³-hybridized carbons (Fsp3) is 0.455. The lowest BCUT2D eigenvalue weighted by Crippen LogP contribution is -2.25. The molecule has 1 fully saturated rings. The zero-order valence-electron chi connectivity index (χ0n) is 9.31. The lowest BCUT2D eigenvalue weighted by Gasteiger charge is -2.17. The van der Waals surface area contributed by atoms with Crippen molar-refractivity contribution in [1.82, 2.24) is 0 Å². The molecular weight excluding hydrogens is 281 g/mol. The summed E-state index contributed by atoms with van der Waals surface area (Å²) in [6.07, 6.45) is 1.11. The van der Waals surface area contributed by atoms with Gasteiger partial charge in [0, 0.05) is 12.1 Å². The maximum absolute atomic E-state index is 10.9. The van der Waals surface area contributed by atoms with Gasteiger partial charge in [0.2, 0.25) is 0 Å². The summed E-state index contributed by atoms with van der Waals surface area (Å²) in [5, 5.41) is 20.8. The number of ether oxygens (including phenoxy) is 1. The molecule has 0 bridgehead atoms. The SMILES string of the molecule is O=[N+]([O-])c1cc(Cl)c(Cl)cc1OC1CCCC1O. The van der Waals surface area contributed by atoms with E-state index in [-0.39, 0.29) is 21.5 Å². The third-order valence-electron chi connectivity index (χ3n) is 2.89. The highest BCUT2D eigenvalue weighted by Gasteiger charge is 2.29. The number of rotatable bonds is 3. The van der Waals surface area contributed by atoms with Crippen LogP contribution in [-0.2, 0) is 0 Å². The van der Waals surface area contributed by atoms with Gasteiger partial charge >= 0.3 is 5.69 Å². The average molecular weight is 292 g/mol. The number of nitro benzene ring substituents is 1. The van der Waals surface area contributed by atoms with E-state index in [1.165, 1.54) is 6.07 Å². The van der Waals surface area contributed by atoms with Gasteiger partial charge in [0.15, 0.2) is 5.75 Å². The number of nitro groups is 1. The predicted octanol–water partition coefficient (Wildman–Crippen LogP) is 3.19. The highest BCUT2D eigenvalue weighted by atomic mass is 35.5. The number of hydrogen-bond acceptors (Lipinski definition) is 4. The molecule has 18 heavy (non-hydrogen) atoms. The van der Waals surface area contributed by atoms with Crippen molar-refractivity contribution in [2.45, 2.75) is 31.5 Å². The van der Waals surface area contributed by atoms with Crippen LogP contribution in [-0.4, -0.2) is 22.2 Å². The van der Waals surface area contributed by atoms with Gasteiger partial charge in [-0.3, -0.25) is 10.1 Å². The Morgan fingerprint density at radius 3 is 2.56 bits per heavy atom. The molecule has 1 N–H and O–H groups in total. The summed E-state index contributed by atoms with van der Waals surface area (Å²) in [5.74, 6) is 0.0420. The molecule has 2 rings (SSSR count). The van der Waals surface area contributed by atoms with Crippen molar-refractivity contribution in [1.29, 1.82) is 0 Å². The highest BCUT2D eigenvalue weighted by molar-refractivity contribution is 6.42. The summed E-state index contributed by atoms with van der Waals surface area (Å²) in [6, 6.07) is 2.47. The molecule has 5 nitrogen and oxygen atoms in total. The van der Waals surface area contributed by atoms with E-state index in [0.29, 0.717) is 12.8 Å². The van der Waals surface area contributed by atoms with Crippen LogP contribution in [0.25, 0.3) is 0 Å². The second-order valence-electron chi connectivity index (χ2n) is 4.15. The van der Waals surface area contributed by atoms with Gasteiger partial charge in [0.1, 0.15) is 6.10 Å². The van der Waals surface area contributed by atoms with Gasteiger partial charge in [0.25, 0.3) is 0 Å². The molecule has 98 valence electrons. The molecule has 0 heterocycles. The first-order chi connectivity index (χ1) is 8.49. The Morgan fingerprint density at radius 1 is 1.33 bits per heavy atom. The minimum absolute atomic E-state index is 0.0420. The van der Waals surface area contributed by atoms with Crippen LogP contribution in [0.15, 0.2) is 12.1 Å². The topological polar surface area (TPSA) is 72.6 Å². The van der Waals surface area contributed by atoms with Gasteiger partial charge in [-0.05, 0) is 19.3 Å². The predicted molar refractivity (Wildman–Crippen MR) is 67.4 cm³/mol. The standard InChI is InChI=1S/C11H11Cl2NO4/c12-6-4-8(14(16)17)11(5-7(6)13)18-10-3-1-2-9(10)15/h4-5,9-10,15H,1-3H2. The zero-order chi connectivity index (χ0) is 13.3. The van der Waals surface area contributed by atoms with Gasteiger partial charge in [-0.1, -0.05) is 23.2 Å². The van der Waals surface area contributed by atoms with E-state index >= 15 is 0 Å². The molecule has 0 radical (unpaired) electrons. The number of aliphatic hydroxyl groups excluding tert-OH is 1. The molecule has 2 atom stereocenters. The van der Waals surface area contributed by atoms with E-state index in [0.717, 1.165) is 12.5 Å². The van der Waals surface area contributed by atoms with E-state index < -0.39 is 17.1 Å². The smallest absolute Gasteiger partial charge is 0.312 e. The Hall–Kier alpha value is -1.04. The first-order valence-corrected chi connectivity index (χ1v) is 6.23.